The number of rotatable bonds is 5. The number of hydrogen-bond acceptors (Lipinski definition) is 4. The Hall–Kier alpha value is -2.08. The van der Waals surface area contributed by atoms with Crippen molar-refractivity contribution in [1.29, 1.82) is 0 Å². The summed E-state index contributed by atoms with van der Waals surface area (Å²) in [6, 6.07) is 16.0. The molecule has 0 bridgehead atoms. The molecule has 140 valence electrons. The first kappa shape index (κ1) is 18.3. The maximum Gasteiger partial charge on any atom is 0.113 e. The van der Waals surface area contributed by atoms with Crippen molar-refractivity contribution < 1.29 is 0 Å². The highest BCUT2D eigenvalue weighted by molar-refractivity contribution is 6.42. The average molecular weight is 402 g/mol. The van der Waals surface area contributed by atoms with E-state index in [1.54, 1.807) is 0 Å². The summed E-state index contributed by atoms with van der Waals surface area (Å²) in [5.74, 6) is 0. The van der Waals surface area contributed by atoms with Crippen LogP contribution in [0.3, 0.4) is 0 Å². The third-order valence-corrected chi connectivity index (χ3v) is 5.63. The molecule has 0 N–H and O–H groups in total. The maximum atomic E-state index is 6.14. The normalized spacial score (nSPS) is 15.3. The molecular formula is C20H21Cl2N5. The Morgan fingerprint density at radius 3 is 2.37 bits per heavy atom. The molecule has 1 fully saturated rings. The Morgan fingerprint density at radius 2 is 1.63 bits per heavy atom. The predicted octanol–water partition coefficient (Wildman–Crippen LogP) is 4.07. The van der Waals surface area contributed by atoms with Crippen molar-refractivity contribution in [3.8, 4) is 11.3 Å². The van der Waals surface area contributed by atoms with Crippen LogP contribution in [0.25, 0.3) is 11.3 Å². The van der Waals surface area contributed by atoms with Crippen molar-refractivity contribution in [2.75, 3.05) is 37.6 Å². The summed E-state index contributed by atoms with van der Waals surface area (Å²) in [5.41, 5.74) is 3.15. The summed E-state index contributed by atoms with van der Waals surface area (Å²) in [5, 5.41) is 9.75. The number of anilines is 1. The van der Waals surface area contributed by atoms with Crippen molar-refractivity contribution in [2.24, 2.45) is 0 Å². The molecule has 1 aliphatic rings. The van der Waals surface area contributed by atoms with Gasteiger partial charge in [0.2, 0.25) is 0 Å². The van der Waals surface area contributed by atoms with E-state index in [-0.39, 0.29) is 0 Å². The van der Waals surface area contributed by atoms with Gasteiger partial charge in [-0.15, -0.1) is 5.10 Å². The number of piperazine rings is 1. The second-order valence-electron chi connectivity index (χ2n) is 6.66. The molecule has 0 atom stereocenters. The van der Waals surface area contributed by atoms with E-state index in [1.165, 1.54) is 0 Å². The lowest BCUT2D eigenvalue weighted by Crippen LogP contribution is -2.47. The van der Waals surface area contributed by atoms with Gasteiger partial charge < -0.3 is 4.90 Å². The largest absolute Gasteiger partial charge is 0.369 e. The van der Waals surface area contributed by atoms with Crippen molar-refractivity contribution in [1.82, 2.24) is 19.9 Å². The Labute approximate surface area is 169 Å². The molecule has 1 saturated heterocycles. The summed E-state index contributed by atoms with van der Waals surface area (Å²) >= 11 is 12.2. The van der Waals surface area contributed by atoms with Crippen LogP contribution in [-0.2, 0) is 6.54 Å². The van der Waals surface area contributed by atoms with Gasteiger partial charge in [-0.05, 0) is 18.2 Å². The molecule has 4 rings (SSSR count). The highest BCUT2D eigenvalue weighted by Crippen LogP contribution is 2.27. The fourth-order valence-electron chi connectivity index (χ4n) is 3.30. The highest BCUT2D eigenvalue weighted by atomic mass is 35.5. The second-order valence-corrected chi connectivity index (χ2v) is 7.47. The molecule has 0 unspecified atom stereocenters. The summed E-state index contributed by atoms with van der Waals surface area (Å²) in [4.78, 5) is 4.81. The molecule has 0 radical (unpaired) electrons. The molecule has 0 saturated carbocycles. The van der Waals surface area contributed by atoms with Crippen LogP contribution in [0.2, 0.25) is 10.0 Å². The van der Waals surface area contributed by atoms with Gasteiger partial charge in [-0.1, -0.05) is 58.7 Å². The molecule has 1 aromatic heterocycles. The minimum absolute atomic E-state index is 0.599. The molecular weight excluding hydrogens is 381 g/mol. The third kappa shape index (κ3) is 4.43. The fourth-order valence-corrected chi connectivity index (χ4v) is 3.60. The van der Waals surface area contributed by atoms with Crippen molar-refractivity contribution in [3.63, 3.8) is 0 Å². The van der Waals surface area contributed by atoms with Crippen molar-refractivity contribution in [2.45, 2.75) is 6.54 Å². The third-order valence-electron chi connectivity index (χ3n) is 4.89. The summed E-state index contributed by atoms with van der Waals surface area (Å²) in [6.07, 6.45) is 2.02. The number of nitrogens with zero attached hydrogens (tertiary/aromatic N) is 5. The van der Waals surface area contributed by atoms with Gasteiger partial charge in [0.1, 0.15) is 5.69 Å². The number of halogens is 2. The van der Waals surface area contributed by atoms with Gasteiger partial charge >= 0.3 is 0 Å². The van der Waals surface area contributed by atoms with Gasteiger partial charge in [0.15, 0.2) is 0 Å². The summed E-state index contributed by atoms with van der Waals surface area (Å²) in [7, 11) is 0. The first-order valence-corrected chi connectivity index (χ1v) is 9.82. The number of benzene rings is 2. The summed E-state index contributed by atoms with van der Waals surface area (Å²) < 4.78 is 1.92. The van der Waals surface area contributed by atoms with Gasteiger partial charge in [0.25, 0.3) is 0 Å². The molecule has 0 spiro atoms. The Balaban J connectivity index is 1.28. The molecule has 0 amide bonds. The Bertz CT molecular complexity index is 888. The predicted molar refractivity (Wildman–Crippen MR) is 111 cm³/mol. The lowest BCUT2D eigenvalue weighted by molar-refractivity contribution is 0.244. The van der Waals surface area contributed by atoms with Gasteiger partial charge in [0.05, 0.1) is 22.8 Å². The topological polar surface area (TPSA) is 37.2 Å². The van der Waals surface area contributed by atoms with Crippen LogP contribution in [-0.4, -0.2) is 52.6 Å². The van der Waals surface area contributed by atoms with Gasteiger partial charge in [0, 0.05) is 44.0 Å². The van der Waals surface area contributed by atoms with Crippen molar-refractivity contribution >= 4 is 28.9 Å². The zero-order valence-corrected chi connectivity index (χ0v) is 16.4. The first-order valence-electron chi connectivity index (χ1n) is 9.07. The Morgan fingerprint density at radius 1 is 0.852 bits per heavy atom. The van der Waals surface area contributed by atoms with Crippen LogP contribution in [0.15, 0.2) is 54.7 Å². The zero-order valence-electron chi connectivity index (χ0n) is 14.9. The standard InChI is InChI=1S/C20H21Cl2N5/c21-18-7-6-17(14-19(18)22)26-11-8-25(9-12-26)10-13-27-15-20(23-24-27)16-4-2-1-3-5-16/h1-7,14-15H,8-13H2. The number of aromatic nitrogens is 3. The van der Waals surface area contributed by atoms with Crippen LogP contribution >= 0.6 is 23.2 Å². The van der Waals surface area contributed by atoms with Crippen LogP contribution in [0.5, 0.6) is 0 Å². The van der Waals surface area contributed by atoms with Crippen LogP contribution in [0.1, 0.15) is 0 Å². The molecule has 27 heavy (non-hydrogen) atoms. The van der Waals surface area contributed by atoms with E-state index in [1.807, 2.05) is 47.3 Å². The smallest absolute Gasteiger partial charge is 0.113 e. The van der Waals surface area contributed by atoms with E-state index in [0.717, 1.165) is 56.2 Å². The quantitative estimate of drug-likeness (QED) is 0.645. The van der Waals surface area contributed by atoms with Gasteiger partial charge in [-0.3, -0.25) is 9.58 Å². The molecule has 2 heterocycles. The van der Waals surface area contributed by atoms with Crippen LogP contribution in [0, 0.1) is 0 Å². The van der Waals surface area contributed by atoms with Crippen LogP contribution in [0.4, 0.5) is 5.69 Å². The molecule has 1 aliphatic heterocycles. The lowest BCUT2D eigenvalue weighted by Gasteiger charge is -2.36. The summed E-state index contributed by atoms with van der Waals surface area (Å²) in [6.45, 7) is 5.79. The Kier molecular flexibility index (Phi) is 5.62. The molecule has 2 aromatic carbocycles. The molecule has 3 aromatic rings. The minimum atomic E-state index is 0.599. The van der Waals surface area contributed by atoms with Crippen molar-refractivity contribution in [3.05, 3.63) is 64.8 Å². The second kappa shape index (κ2) is 8.30. The average Bonchev–Trinajstić information content (AvgIpc) is 3.19. The van der Waals surface area contributed by atoms with E-state index >= 15 is 0 Å². The van der Waals surface area contributed by atoms with E-state index in [9.17, 15) is 0 Å². The SMILES string of the molecule is Clc1ccc(N2CCN(CCn3cc(-c4ccccc4)nn3)CC2)cc1Cl. The fraction of sp³-hybridized carbons (Fsp3) is 0.300. The molecule has 0 aliphatic carbocycles. The first-order chi connectivity index (χ1) is 13.2. The molecule has 5 nitrogen and oxygen atoms in total. The number of hydrogen-bond donors (Lipinski definition) is 0. The lowest BCUT2D eigenvalue weighted by atomic mass is 10.2. The minimum Gasteiger partial charge on any atom is -0.369 e. The van der Waals surface area contributed by atoms with E-state index in [4.69, 9.17) is 23.2 Å². The van der Waals surface area contributed by atoms with E-state index in [0.29, 0.717) is 10.0 Å². The van der Waals surface area contributed by atoms with Gasteiger partial charge in [-0.2, -0.15) is 0 Å². The van der Waals surface area contributed by atoms with E-state index < -0.39 is 0 Å². The monoisotopic (exact) mass is 401 g/mol. The van der Waals surface area contributed by atoms with E-state index in [2.05, 4.69) is 32.2 Å². The van der Waals surface area contributed by atoms with Crippen LogP contribution < -0.4 is 4.90 Å². The van der Waals surface area contributed by atoms with Gasteiger partial charge in [-0.25, -0.2) is 0 Å². The maximum absolute atomic E-state index is 6.14. The zero-order chi connectivity index (χ0) is 18.6. The highest BCUT2D eigenvalue weighted by Gasteiger charge is 2.18. The molecule has 7 heteroatoms.